The maximum atomic E-state index is 6.01. The van der Waals surface area contributed by atoms with Crippen LogP contribution in [-0.4, -0.2) is 19.7 Å². The maximum Gasteiger partial charge on any atom is 0.284 e. The lowest BCUT2D eigenvalue weighted by Crippen LogP contribution is -2.15. The lowest BCUT2D eigenvalue weighted by atomic mass is 10.0. The Labute approximate surface area is 127 Å². The molecular formula is C16H16N4O2. The topological polar surface area (TPSA) is 66.0 Å². The zero-order valence-electron chi connectivity index (χ0n) is 12.5. The molecule has 0 saturated heterocycles. The van der Waals surface area contributed by atoms with Gasteiger partial charge < -0.3 is 13.7 Å². The number of aromatic nitrogens is 4. The average Bonchev–Trinajstić information content (AvgIpc) is 3.15. The first kappa shape index (κ1) is 13.1. The van der Waals surface area contributed by atoms with Crippen LogP contribution in [0.15, 0.2) is 35.0 Å². The summed E-state index contributed by atoms with van der Waals surface area (Å²) in [7, 11) is 1.89. The van der Waals surface area contributed by atoms with Crippen LogP contribution in [0.5, 0.6) is 5.75 Å². The second-order valence-corrected chi connectivity index (χ2v) is 5.56. The van der Waals surface area contributed by atoms with Gasteiger partial charge in [-0.15, -0.1) is 10.2 Å². The van der Waals surface area contributed by atoms with Gasteiger partial charge in [-0.3, -0.25) is 0 Å². The Morgan fingerprint density at radius 1 is 1.27 bits per heavy atom. The van der Waals surface area contributed by atoms with Crippen molar-refractivity contribution >= 4 is 0 Å². The Morgan fingerprint density at radius 3 is 3.00 bits per heavy atom. The predicted octanol–water partition coefficient (Wildman–Crippen LogP) is 2.84. The Kier molecular flexibility index (Phi) is 2.96. The summed E-state index contributed by atoms with van der Waals surface area (Å²) in [5, 5.41) is 8.22. The van der Waals surface area contributed by atoms with Crippen molar-refractivity contribution in [2.24, 2.45) is 7.05 Å². The number of fused-ring (bicyclic) bond motifs is 1. The summed E-state index contributed by atoms with van der Waals surface area (Å²) in [5.74, 6) is 2.48. The molecule has 6 nitrogen and oxygen atoms in total. The zero-order chi connectivity index (χ0) is 15.1. The fraction of sp³-hybridized carbons (Fsp3) is 0.312. The van der Waals surface area contributed by atoms with Crippen molar-refractivity contribution in [1.82, 2.24) is 19.7 Å². The van der Waals surface area contributed by atoms with Gasteiger partial charge in [-0.25, -0.2) is 4.98 Å². The van der Waals surface area contributed by atoms with E-state index in [2.05, 4.69) is 28.2 Å². The third kappa shape index (κ3) is 2.16. The van der Waals surface area contributed by atoms with Crippen LogP contribution < -0.4 is 4.74 Å². The van der Waals surface area contributed by atoms with Gasteiger partial charge in [0.25, 0.3) is 11.8 Å². The summed E-state index contributed by atoms with van der Waals surface area (Å²) in [6.07, 6.45) is 5.13. The maximum absolute atomic E-state index is 6.01. The van der Waals surface area contributed by atoms with Crippen LogP contribution >= 0.6 is 0 Å². The van der Waals surface area contributed by atoms with E-state index in [1.54, 1.807) is 6.20 Å². The van der Waals surface area contributed by atoms with E-state index in [0.29, 0.717) is 17.6 Å². The second-order valence-electron chi connectivity index (χ2n) is 5.56. The molecule has 0 aliphatic carbocycles. The van der Waals surface area contributed by atoms with Gasteiger partial charge in [-0.2, -0.15) is 0 Å². The largest absolute Gasteiger partial charge is 0.480 e. The number of hydrogen-bond acceptors (Lipinski definition) is 5. The van der Waals surface area contributed by atoms with Gasteiger partial charge in [0, 0.05) is 19.4 Å². The predicted molar refractivity (Wildman–Crippen MR) is 79.4 cm³/mol. The van der Waals surface area contributed by atoms with E-state index in [9.17, 15) is 0 Å². The van der Waals surface area contributed by atoms with E-state index in [-0.39, 0.29) is 6.10 Å². The molecule has 1 unspecified atom stereocenters. The molecule has 0 N–H and O–H groups in total. The minimum absolute atomic E-state index is 0.197. The Morgan fingerprint density at radius 2 is 2.18 bits per heavy atom. The number of imidazole rings is 1. The fourth-order valence-electron chi connectivity index (χ4n) is 2.72. The lowest BCUT2D eigenvalue weighted by molar-refractivity contribution is 0.145. The molecule has 112 valence electrons. The SMILES string of the molecule is Cc1ccc2c(c1)CCC(c1nnc(-c3nccn3C)o1)O2. The smallest absolute Gasteiger partial charge is 0.284 e. The number of hydrogen-bond donors (Lipinski definition) is 0. The number of benzene rings is 1. The highest BCUT2D eigenvalue weighted by Crippen LogP contribution is 2.35. The highest BCUT2D eigenvalue weighted by molar-refractivity contribution is 5.41. The molecule has 2 aromatic heterocycles. The van der Waals surface area contributed by atoms with Gasteiger partial charge in [0.2, 0.25) is 0 Å². The van der Waals surface area contributed by atoms with Crippen LogP contribution in [0.25, 0.3) is 11.7 Å². The summed E-state index contributed by atoms with van der Waals surface area (Å²) in [4.78, 5) is 4.22. The summed E-state index contributed by atoms with van der Waals surface area (Å²) >= 11 is 0. The standard InChI is InChI=1S/C16H16N4O2/c1-10-3-5-12-11(9-10)4-6-13(21-12)15-18-19-16(22-15)14-17-7-8-20(14)2/h3,5,7-9,13H,4,6H2,1-2H3. The molecule has 4 rings (SSSR count). The first-order chi connectivity index (χ1) is 10.7. The molecule has 3 aromatic rings. The summed E-state index contributed by atoms with van der Waals surface area (Å²) in [5.41, 5.74) is 2.48. The summed E-state index contributed by atoms with van der Waals surface area (Å²) < 4.78 is 13.6. The van der Waals surface area contributed by atoms with Crippen LogP contribution in [0, 0.1) is 6.92 Å². The first-order valence-corrected chi connectivity index (χ1v) is 7.28. The van der Waals surface area contributed by atoms with Gasteiger partial charge in [-0.1, -0.05) is 17.7 Å². The molecule has 0 fully saturated rings. The average molecular weight is 296 g/mol. The van der Waals surface area contributed by atoms with Crippen LogP contribution in [0.3, 0.4) is 0 Å². The van der Waals surface area contributed by atoms with Crippen molar-refractivity contribution in [3.8, 4) is 17.5 Å². The van der Waals surface area contributed by atoms with E-state index in [1.165, 1.54) is 11.1 Å². The molecule has 0 amide bonds. The summed E-state index contributed by atoms with van der Waals surface area (Å²) in [6, 6.07) is 6.22. The highest BCUT2D eigenvalue weighted by Gasteiger charge is 2.27. The van der Waals surface area contributed by atoms with Crippen molar-refractivity contribution in [1.29, 1.82) is 0 Å². The molecular weight excluding hydrogens is 280 g/mol. The van der Waals surface area contributed by atoms with Gasteiger partial charge in [0.1, 0.15) is 5.75 Å². The molecule has 1 aromatic carbocycles. The quantitative estimate of drug-likeness (QED) is 0.727. The van der Waals surface area contributed by atoms with Crippen LogP contribution in [0.2, 0.25) is 0 Å². The molecule has 1 atom stereocenters. The van der Waals surface area contributed by atoms with Crippen LogP contribution in [0.1, 0.15) is 29.5 Å². The monoisotopic (exact) mass is 296 g/mol. The fourth-order valence-corrected chi connectivity index (χ4v) is 2.72. The third-order valence-electron chi connectivity index (χ3n) is 3.89. The molecule has 1 aliphatic heterocycles. The molecule has 1 aliphatic rings. The third-order valence-corrected chi connectivity index (χ3v) is 3.89. The van der Waals surface area contributed by atoms with Crippen molar-refractivity contribution in [3.63, 3.8) is 0 Å². The zero-order valence-corrected chi connectivity index (χ0v) is 12.5. The minimum atomic E-state index is -0.197. The molecule has 3 heterocycles. The Bertz CT molecular complexity index is 821. The van der Waals surface area contributed by atoms with E-state index in [0.717, 1.165) is 18.6 Å². The molecule has 0 radical (unpaired) electrons. The van der Waals surface area contributed by atoms with Crippen LogP contribution in [0.4, 0.5) is 0 Å². The van der Waals surface area contributed by atoms with Crippen molar-refractivity contribution < 1.29 is 9.15 Å². The summed E-state index contributed by atoms with van der Waals surface area (Å²) in [6.45, 7) is 2.09. The molecule has 0 spiro atoms. The first-order valence-electron chi connectivity index (χ1n) is 7.28. The highest BCUT2D eigenvalue weighted by atomic mass is 16.5. The number of nitrogens with zero attached hydrogens (tertiary/aromatic N) is 4. The molecule has 0 saturated carbocycles. The normalized spacial score (nSPS) is 17.1. The van der Waals surface area contributed by atoms with E-state index in [1.807, 2.05) is 29.9 Å². The second kappa shape index (κ2) is 4.98. The van der Waals surface area contributed by atoms with Gasteiger partial charge in [0.05, 0.1) is 0 Å². The van der Waals surface area contributed by atoms with Crippen molar-refractivity contribution in [3.05, 3.63) is 47.6 Å². The number of rotatable bonds is 2. The molecule has 0 bridgehead atoms. The van der Waals surface area contributed by atoms with Crippen LogP contribution in [-0.2, 0) is 13.5 Å². The number of ether oxygens (including phenoxy) is 1. The van der Waals surface area contributed by atoms with E-state index in [4.69, 9.17) is 9.15 Å². The van der Waals surface area contributed by atoms with E-state index >= 15 is 0 Å². The van der Waals surface area contributed by atoms with E-state index < -0.39 is 0 Å². The Balaban J connectivity index is 1.60. The minimum Gasteiger partial charge on any atom is -0.480 e. The van der Waals surface area contributed by atoms with Gasteiger partial charge in [0.15, 0.2) is 11.9 Å². The molecule has 6 heteroatoms. The number of aryl methyl sites for hydroxylation is 3. The lowest BCUT2D eigenvalue weighted by Gasteiger charge is -2.23. The van der Waals surface area contributed by atoms with Gasteiger partial charge >= 0.3 is 0 Å². The van der Waals surface area contributed by atoms with Crippen molar-refractivity contribution in [2.75, 3.05) is 0 Å². The van der Waals surface area contributed by atoms with Crippen molar-refractivity contribution in [2.45, 2.75) is 25.9 Å². The Hall–Kier alpha value is -2.63. The van der Waals surface area contributed by atoms with Gasteiger partial charge in [-0.05, 0) is 31.4 Å². The molecule has 22 heavy (non-hydrogen) atoms.